The second-order valence-electron chi connectivity index (χ2n) is 7.06. The van der Waals surface area contributed by atoms with Crippen molar-refractivity contribution in [1.82, 2.24) is 5.32 Å². The first kappa shape index (κ1) is 18.6. The van der Waals surface area contributed by atoms with E-state index in [1.54, 1.807) is 18.9 Å². The van der Waals surface area contributed by atoms with Crippen LogP contribution in [0.1, 0.15) is 19.3 Å². The molecule has 27 heavy (non-hydrogen) atoms. The molecule has 0 spiro atoms. The van der Waals surface area contributed by atoms with E-state index in [1.165, 1.54) is 0 Å². The Hall–Kier alpha value is -1.80. The number of ether oxygens (including phenoxy) is 1. The summed E-state index contributed by atoms with van der Waals surface area (Å²) in [5.74, 6) is -2.25. The van der Waals surface area contributed by atoms with Crippen molar-refractivity contribution >= 4 is 23.4 Å². The molecule has 4 atom stereocenters. The Morgan fingerprint density at radius 3 is 2.67 bits per heavy atom. The van der Waals surface area contributed by atoms with Gasteiger partial charge in [0.2, 0.25) is 0 Å². The second kappa shape index (κ2) is 6.38. The third-order valence-corrected chi connectivity index (χ3v) is 6.77. The maximum atomic E-state index is 12.8. The Labute approximate surface area is 159 Å². The second-order valence-corrected chi connectivity index (χ2v) is 8.37. The molecule has 0 unspecified atom stereocenters. The van der Waals surface area contributed by atoms with Crippen LogP contribution < -0.4 is 5.32 Å². The van der Waals surface area contributed by atoms with Gasteiger partial charge < -0.3 is 10.1 Å². The van der Waals surface area contributed by atoms with Gasteiger partial charge in [-0.15, -0.1) is 11.8 Å². The largest absolute Gasteiger partial charge is 0.471 e. The lowest BCUT2D eigenvalue weighted by molar-refractivity contribution is -0.179. The van der Waals surface area contributed by atoms with Gasteiger partial charge in [-0.25, -0.2) is 0 Å². The molecule has 4 nitrogen and oxygen atoms in total. The summed E-state index contributed by atoms with van der Waals surface area (Å²) in [6.07, 6.45) is 0.647. The number of benzene rings is 1. The monoisotopic (exact) mass is 396 g/mol. The van der Waals surface area contributed by atoms with E-state index < -0.39 is 23.3 Å². The van der Waals surface area contributed by atoms with Crippen LogP contribution in [-0.4, -0.2) is 41.4 Å². The van der Waals surface area contributed by atoms with Crippen molar-refractivity contribution in [3.8, 4) is 0 Å². The molecule has 0 radical (unpaired) electrons. The summed E-state index contributed by atoms with van der Waals surface area (Å²) in [6.45, 7) is 0. The first-order valence-electron chi connectivity index (χ1n) is 8.74. The third-order valence-electron chi connectivity index (χ3n) is 5.60. The molecule has 1 fully saturated rings. The number of amides is 1. The van der Waals surface area contributed by atoms with Gasteiger partial charge in [0.1, 0.15) is 11.3 Å². The van der Waals surface area contributed by atoms with Crippen LogP contribution in [0.3, 0.4) is 0 Å². The van der Waals surface area contributed by atoms with Crippen molar-refractivity contribution in [2.45, 2.75) is 46.8 Å². The van der Waals surface area contributed by atoms with Gasteiger partial charge in [0, 0.05) is 29.6 Å². The van der Waals surface area contributed by atoms with Crippen LogP contribution in [0.25, 0.3) is 0 Å². The predicted molar refractivity (Wildman–Crippen MR) is 96.7 cm³/mol. The molecule has 0 saturated heterocycles. The first-order chi connectivity index (χ1) is 12.8. The molecule has 1 N–H and O–H groups in total. The number of hydrogen-bond acceptors (Lipinski definition) is 4. The average Bonchev–Trinajstić information content (AvgIpc) is 2.79. The summed E-state index contributed by atoms with van der Waals surface area (Å²) in [7, 11) is 1.55. The van der Waals surface area contributed by atoms with E-state index in [1.807, 2.05) is 42.5 Å². The highest BCUT2D eigenvalue weighted by atomic mass is 32.2. The number of fused-ring (bicyclic) bond motifs is 3. The summed E-state index contributed by atoms with van der Waals surface area (Å²) < 4.78 is 44.1. The van der Waals surface area contributed by atoms with Crippen molar-refractivity contribution < 1.29 is 22.7 Å². The van der Waals surface area contributed by atoms with Crippen LogP contribution in [-0.2, 0) is 9.53 Å². The van der Waals surface area contributed by atoms with Crippen LogP contribution in [0.15, 0.2) is 52.4 Å². The molecule has 1 aliphatic heterocycles. The highest BCUT2D eigenvalue weighted by Gasteiger charge is 2.66. The van der Waals surface area contributed by atoms with Crippen LogP contribution >= 0.6 is 11.8 Å². The maximum Gasteiger partial charge on any atom is 0.471 e. The molecular formula is C19H19F3N2O2S. The zero-order valence-corrected chi connectivity index (χ0v) is 15.4. The predicted octanol–water partition coefficient (Wildman–Crippen LogP) is 3.73. The summed E-state index contributed by atoms with van der Waals surface area (Å²) in [5, 5.41) is 2.25. The van der Waals surface area contributed by atoms with Gasteiger partial charge in [-0.3, -0.25) is 9.79 Å². The number of nitrogens with one attached hydrogen (secondary N) is 1. The van der Waals surface area contributed by atoms with E-state index in [0.29, 0.717) is 25.0 Å². The van der Waals surface area contributed by atoms with E-state index in [9.17, 15) is 18.0 Å². The minimum absolute atomic E-state index is 0.113. The number of nitrogens with zero attached hydrogens (tertiary/aromatic N) is 1. The fraction of sp³-hybridized carbons (Fsp3) is 0.474. The lowest BCUT2D eigenvalue weighted by Gasteiger charge is -2.49. The minimum atomic E-state index is -4.93. The Balaban J connectivity index is 1.59. The van der Waals surface area contributed by atoms with Gasteiger partial charge >= 0.3 is 12.1 Å². The molecule has 0 aromatic heterocycles. The molecular weight excluding hydrogens is 377 g/mol. The standard InChI is InChI=1S/C19H19F3N2O2S/c1-26-17-9-7-13(27-12-5-3-2-4-6-12)11-15(17)23-18(10-8-14(17)18)24-16(25)19(20,21)22/h2-7,9,13-14H,8,10-11H2,1H3,(H,24,25)/t13-,14-,17-,18+/m0/s1. The molecule has 3 aliphatic rings. The number of aliphatic imine (C=N–C) groups is 1. The molecule has 1 saturated carbocycles. The lowest BCUT2D eigenvalue weighted by Crippen LogP contribution is -2.64. The Kier molecular flexibility index (Phi) is 4.38. The number of halogens is 3. The van der Waals surface area contributed by atoms with Crippen LogP contribution in [0.5, 0.6) is 0 Å². The summed E-state index contributed by atoms with van der Waals surface area (Å²) in [4.78, 5) is 17.2. The number of methoxy groups -OCH3 is 1. The van der Waals surface area contributed by atoms with Crippen LogP contribution in [0.4, 0.5) is 13.2 Å². The molecule has 4 rings (SSSR count). The number of alkyl halides is 3. The van der Waals surface area contributed by atoms with Crippen LogP contribution in [0, 0.1) is 5.92 Å². The zero-order chi connectivity index (χ0) is 19.3. The maximum absolute atomic E-state index is 12.8. The molecule has 1 amide bonds. The number of hydrogen-bond donors (Lipinski definition) is 1. The fourth-order valence-corrected chi connectivity index (χ4v) is 5.31. The van der Waals surface area contributed by atoms with Crippen molar-refractivity contribution in [2.24, 2.45) is 10.9 Å². The van der Waals surface area contributed by atoms with Gasteiger partial charge in [-0.05, 0) is 31.1 Å². The molecule has 1 aromatic carbocycles. The van der Waals surface area contributed by atoms with Crippen molar-refractivity contribution in [3.05, 3.63) is 42.5 Å². The topological polar surface area (TPSA) is 50.7 Å². The van der Waals surface area contributed by atoms with Gasteiger partial charge in [0.25, 0.3) is 0 Å². The van der Waals surface area contributed by atoms with E-state index in [0.717, 1.165) is 4.90 Å². The Morgan fingerprint density at radius 1 is 1.33 bits per heavy atom. The highest BCUT2D eigenvalue weighted by Crippen LogP contribution is 2.56. The van der Waals surface area contributed by atoms with E-state index in [-0.39, 0.29) is 11.2 Å². The molecule has 2 aliphatic carbocycles. The highest BCUT2D eigenvalue weighted by molar-refractivity contribution is 8.00. The average molecular weight is 396 g/mol. The number of carbonyl (C=O) groups is 1. The third kappa shape index (κ3) is 2.99. The fourth-order valence-electron chi connectivity index (χ4n) is 4.25. The van der Waals surface area contributed by atoms with Gasteiger partial charge in [0.05, 0.1) is 5.71 Å². The van der Waals surface area contributed by atoms with Crippen LogP contribution in [0.2, 0.25) is 0 Å². The number of thioether (sulfide) groups is 1. The zero-order valence-electron chi connectivity index (χ0n) is 14.6. The van der Waals surface area contributed by atoms with Crippen molar-refractivity contribution in [3.63, 3.8) is 0 Å². The van der Waals surface area contributed by atoms with Crippen molar-refractivity contribution in [2.75, 3.05) is 7.11 Å². The molecule has 8 heteroatoms. The normalized spacial score (nSPS) is 34.3. The molecule has 144 valence electrons. The minimum Gasteiger partial charge on any atom is -0.368 e. The van der Waals surface area contributed by atoms with Gasteiger partial charge in [-0.2, -0.15) is 13.2 Å². The van der Waals surface area contributed by atoms with Gasteiger partial charge in [0.15, 0.2) is 0 Å². The quantitative estimate of drug-likeness (QED) is 0.789. The van der Waals surface area contributed by atoms with Crippen molar-refractivity contribution in [1.29, 1.82) is 0 Å². The molecule has 1 aromatic rings. The van der Waals surface area contributed by atoms with E-state index in [4.69, 9.17) is 4.74 Å². The Morgan fingerprint density at radius 2 is 2.07 bits per heavy atom. The summed E-state index contributed by atoms with van der Waals surface area (Å²) >= 11 is 1.67. The number of carbonyl (C=O) groups excluding carboxylic acids is 1. The van der Waals surface area contributed by atoms with E-state index >= 15 is 0 Å². The SMILES string of the molecule is CO[C@]12C=C[C@H](Sc3ccccc3)CC1=N[C@@]1(NC(=O)C(F)(F)F)CC[C@H]12. The smallest absolute Gasteiger partial charge is 0.368 e. The molecule has 0 bridgehead atoms. The Bertz CT molecular complexity index is 811. The summed E-state index contributed by atoms with van der Waals surface area (Å²) in [6, 6.07) is 9.90. The van der Waals surface area contributed by atoms with Gasteiger partial charge in [-0.1, -0.05) is 24.3 Å². The summed E-state index contributed by atoms with van der Waals surface area (Å²) in [5.41, 5.74) is -1.33. The molecule has 1 heterocycles. The lowest BCUT2D eigenvalue weighted by atomic mass is 9.64. The van der Waals surface area contributed by atoms with E-state index in [2.05, 4.69) is 10.3 Å². The first-order valence-corrected chi connectivity index (χ1v) is 9.62. The number of rotatable bonds is 4.